The lowest BCUT2D eigenvalue weighted by Gasteiger charge is -2.34. The summed E-state index contributed by atoms with van der Waals surface area (Å²) in [5, 5.41) is 3.36. The van der Waals surface area contributed by atoms with Crippen LogP contribution in [0, 0.1) is 0 Å². The molecule has 0 fully saturated rings. The van der Waals surface area contributed by atoms with E-state index in [1.165, 1.54) is 0 Å². The van der Waals surface area contributed by atoms with Crippen LogP contribution in [0.5, 0.6) is 11.5 Å². The predicted molar refractivity (Wildman–Crippen MR) is 108 cm³/mol. The van der Waals surface area contributed by atoms with Crippen LogP contribution < -0.4 is 19.7 Å². The third kappa shape index (κ3) is 4.39. The first kappa shape index (κ1) is 20.0. The van der Waals surface area contributed by atoms with Crippen LogP contribution in [0.15, 0.2) is 42.5 Å². The molecule has 0 bridgehead atoms. The highest BCUT2D eigenvalue weighted by atomic mass is 35.5. The Balaban J connectivity index is 1.85. The molecule has 0 radical (unpaired) electrons. The third-order valence-electron chi connectivity index (χ3n) is 4.50. The number of methoxy groups -OCH3 is 1. The molecule has 6 nitrogen and oxygen atoms in total. The van der Waals surface area contributed by atoms with Crippen molar-refractivity contribution in [2.45, 2.75) is 25.9 Å². The second-order valence-electron chi connectivity index (χ2n) is 6.50. The van der Waals surface area contributed by atoms with Gasteiger partial charge in [0.1, 0.15) is 11.5 Å². The number of hydrogen-bond donors (Lipinski definition) is 1. The number of anilines is 1. The zero-order valence-corrected chi connectivity index (χ0v) is 16.7. The molecule has 28 heavy (non-hydrogen) atoms. The number of para-hydroxylation sites is 2. The molecule has 1 heterocycles. The number of carbonyl (C=O) groups excluding carboxylic acids is 2. The van der Waals surface area contributed by atoms with E-state index < -0.39 is 6.10 Å². The van der Waals surface area contributed by atoms with E-state index in [1.54, 1.807) is 36.3 Å². The minimum absolute atomic E-state index is 0.0986. The molecule has 0 aromatic heterocycles. The summed E-state index contributed by atoms with van der Waals surface area (Å²) >= 11 is 6.08. The lowest BCUT2D eigenvalue weighted by Crippen LogP contribution is -2.51. The van der Waals surface area contributed by atoms with E-state index in [-0.39, 0.29) is 24.8 Å². The fourth-order valence-electron chi connectivity index (χ4n) is 3.11. The fraction of sp³-hybridized carbons (Fsp3) is 0.333. The minimum Gasteiger partial charge on any atom is -0.496 e. The van der Waals surface area contributed by atoms with Crippen LogP contribution in [0.4, 0.5) is 5.69 Å². The summed E-state index contributed by atoms with van der Waals surface area (Å²) in [6.07, 6.45) is 0.167. The standard InChI is InChI=1S/C21H23ClN2O4/c1-3-10-23-21(26)19-13-24(16-6-4-5-7-18(16)28-19)20(25)12-14-11-15(22)8-9-17(14)27-2/h4-9,11,19H,3,10,12-13H2,1-2H3,(H,23,26)/t19-/m0/s1. The molecule has 7 heteroatoms. The monoisotopic (exact) mass is 402 g/mol. The molecule has 2 aromatic rings. The van der Waals surface area contributed by atoms with Crippen molar-refractivity contribution in [1.29, 1.82) is 0 Å². The van der Waals surface area contributed by atoms with E-state index in [9.17, 15) is 9.59 Å². The number of amides is 2. The van der Waals surface area contributed by atoms with Crippen molar-refractivity contribution >= 4 is 29.1 Å². The molecule has 0 unspecified atom stereocenters. The van der Waals surface area contributed by atoms with Gasteiger partial charge in [-0.1, -0.05) is 30.7 Å². The highest BCUT2D eigenvalue weighted by molar-refractivity contribution is 6.30. The van der Waals surface area contributed by atoms with Crippen LogP contribution >= 0.6 is 11.6 Å². The largest absolute Gasteiger partial charge is 0.496 e. The number of rotatable bonds is 6. The maximum Gasteiger partial charge on any atom is 0.262 e. The van der Waals surface area contributed by atoms with Gasteiger partial charge in [-0.2, -0.15) is 0 Å². The maximum absolute atomic E-state index is 13.1. The quantitative estimate of drug-likeness (QED) is 0.805. The number of ether oxygens (including phenoxy) is 2. The number of benzene rings is 2. The van der Waals surface area contributed by atoms with Crippen molar-refractivity contribution < 1.29 is 19.1 Å². The SMILES string of the molecule is CCCNC(=O)[C@@H]1CN(C(=O)Cc2cc(Cl)ccc2OC)c2ccccc2O1. The third-order valence-corrected chi connectivity index (χ3v) is 4.74. The van der Waals surface area contributed by atoms with Gasteiger partial charge >= 0.3 is 0 Å². The minimum atomic E-state index is -0.758. The summed E-state index contributed by atoms with van der Waals surface area (Å²) in [5.74, 6) is 0.715. The van der Waals surface area contributed by atoms with E-state index >= 15 is 0 Å². The molecule has 1 N–H and O–H groups in total. The van der Waals surface area contributed by atoms with Crippen LogP contribution in [-0.4, -0.2) is 38.1 Å². The molecule has 0 spiro atoms. The molecule has 0 saturated carbocycles. The van der Waals surface area contributed by atoms with Gasteiger partial charge in [0.15, 0.2) is 6.10 Å². The van der Waals surface area contributed by atoms with Gasteiger partial charge in [0.05, 0.1) is 25.8 Å². The van der Waals surface area contributed by atoms with Gasteiger partial charge in [0.2, 0.25) is 5.91 Å². The highest BCUT2D eigenvalue weighted by Gasteiger charge is 2.33. The predicted octanol–water partition coefficient (Wildman–Crippen LogP) is 3.21. The summed E-state index contributed by atoms with van der Waals surface area (Å²) in [6.45, 7) is 2.69. The Morgan fingerprint density at radius 1 is 1.29 bits per heavy atom. The second kappa shape index (κ2) is 8.97. The Hall–Kier alpha value is -2.73. The molecule has 1 aliphatic rings. The van der Waals surface area contributed by atoms with E-state index in [2.05, 4.69) is 5.32 Å². The van der Waals surface area contributed by atoms with Gasteiger partial charge in [0.25, 0.3) is 5.91 Å². The van der Waals surface area contributed by atoms with E-state index in [0.29, 0.717) is 34.3 Å². The van der Waals surface area contributed by atoms with E-state index in [4.69, 9.17) is 21.1 Å². The van der Waals surface area contributed by atoms with Crippen molar-refractivity contribution in [2.75, 3.05) is 25.1 Å². The van der Waals surface area contributed by atoms with Crippen molar-refractivity contribution in [3.8, 4) is 11.5 Å². The van der Waals surface area contributed by atoms with E-state index in [1.807, 2.05) is 25.1 Å². The smallest absolute Gasteiger partial charge is 0.262 e. The Labute approximate surface area is 169 Å². The Bertz CT molecular complexity index is 871. The molecular formula is C21H23ClN2O4. The van der Waals surface area contributed by atoms with Gasteiger partial charge in [-0.25, -0.2) is 0 Å². The average molecular weight is 403 g/mol. The van der Waals surface area contributed by atoms with Gasteiger partial charge in [-0.3, -0.25) is 9.59 Å². The van der Waals surface area contributed by atoms with Crippen molar-refractivity contribution in [1.82, 2.24) is 5.32 Å². The molecule has 1 aliphatic heterocycles. The Morgan fingerprint density at radius 2 is 2.07 bits per heavy atom. The average Bonchev–Trinajstić information content (AvgIpc) is 2.71. The number of nitrogens with one attached hydrogen (secondary N) is 1. The summed E-state index contributed by atoms with van der Waals surface area (Å²) in [6, 6.07) is 12.4. The molecule has 2 aromatic carbocycles. The number of halogens is 1. The highest BCUT2D eigenvalue weighted by Crippen LogP contribution is 2.34. The summed E-state index contributed by atoms with van der Waals surface area (Å²) in [5.41, 5.74) is 1.34. The zero-order chi connectivity index (χ0) is 20.1. The van der Waals surface area contributed by atoms with Gasteiger partial charge in [-0.15, -0.1) is 0 Å². The summed E-state index contributed by atoms with van der Waals surface area (Å²) in [7, 11) is 1.55. The Kier molecular flexibility index (Phi) is 6.41. The van der Waals surface area contributed by atoms with Gasteiger partial charge in [-0.05, 0) is 36.8 Å². The normalized spacial score (nSPS) is 15.4. The first-order chi connectivity index (χ1) is 13.5. The first-order valence-corrected chi connectivity index (χ1v) is 9.57. The molecule has 148 valence electrons. The lowest BCUT2D eigenvalue weighted by atomic mass is 10.1. The van der Waals surface area contributed by atoms with Crippen LogP contribution in [0.1, 0.15) is 18.9 Å². The lowest BCUT2D eigenvalue weighted by molar-refractivity contribution is -0.128. The van der Waals surface area contributed by atoms with Crippen LogP contribution in [0.2, 0.25) is 5.02 Å². The summed E-state index contributed by atoms with van der Waals surface area (Å²) < 4.78 is 11.2. The maximum atomic E-state index is 13.1. The number of nitrogens with zero attached hydrogens (tertiary/aromatic N) is 1. The number of hydrogen-bond acceptors (Lipinski definition) is 4. The number of carbonyl (C=O) groups is 2. The van der Waals surface area contributed by atoms with Crippen molar-refractivity contribution in [2.24, 2.45) is 0 Å². The first-order valence-electron chi connectivity index (χ1n) is 9.19. The zero-order valence-electron chi connectivity index (χ0n) is 15.9. The molecule has 2 amide bonds. The molecular weight excluding hydrogens is 380 g/mol. The van der Waals surface area contributed by atoms with Crippen LogP contribution in [0.25, 0.3) is 0 Å². The van der Waals surface area contributed by atoms with Crippen molar-refractivity contribution in [3.05, 3.63) is 53.1 Å². The molecule has 3 rings (SSSR count). The topological polar surface area (TPSA) is 67.9 Å². The van der Waals surface area contributed by atoms with Crippen LogP contribution in [-0.2, 0) is 16.0 Å². The van der Waals surface area contributed by atoms with Gasteiger partial charge in [0, 0.05) is 17.1 Å². The second-order valence-corrected chi connectivity index (χ2v) is 6.94. The van der Waals surface area contributed by atoms with Crippen molar-refractivity contribution in [3.63, 3.8) is 0 Å². The molecule has 0 aliphatic carbocycles. The van der Waals surface area contributed by atoms with E-state index in [0.717, 1.165) is 6.42 Å². The Morgan fingerprint density at radius 3 is 2.82 bits per heavy atom. The van der Waals surface area contributed by atoms with Gasteiger partial charge < -0.3 is 19.7 Å². The van der Waals surface area contributed by atoms with Crippen LogP contribution in [0.3, 0.4) is 0 Å². The summed E-state index contributed by atoms with van der Waals surface area (Å²) in [4.78, 5) is 27.2. The fourth-order valence-corrected chi connectivity index (χ4v) is 3.31. The molecule has 1 atom stereocenters. The molecule has 0 saturated heterocycles. The number of fused-ring (bicyclic) bond motifs is 1.